The van der Waals surface area contributed by atoms with Crippen LogP contribution in [-0.2, 0) is 7.05 Å². The van der Waals surface area contributed by atoms with E-state index in [1.54, 1.807) is 29.1 Å². The van der Waals surface area contributed by atoms with Crippen molar-refractivity contribution in [3.05, 3.63) is 40.7 Å². The number of ether oxygens (including phenoxy) is 1. The van der Waals surface area contributed by atoms with Crippen LogP contribution in [0, 0.1) is 10.1 Å². The lowest BCUT2D eigenvalue weighted by atomic mass is 10.1. The van der Waals surface area contributed by atoms with Gasteiger partial charge in [-0.2, -0.15) is 0 Å². The minimum absolute atomic E-state index is 0.0620. The first-order chi connectivity index (χ1) is 8.13. The predicted molar refractivity (Wildman–Crippen MR) is 61.9 cm³/mol. The average molecular weight is 233 g/mol. The minimum atomic E-state index is -0.467. The third kappa shape index (κ3) is 1.96. The Morgan fingerprint density at radius 3 is 2.76 bits per heavy atom. The Labute approximate surface area is 97.6 Å². The molecule has 6 nitrogen and oxygen atoms in total. The smallest absolute Gasteiger partial charge is 0.311 e. The second-order valence-corrected chi connectivity index (χ2v) is 3.51. The maximum atomic E-state index is 10.9. The number of nitro groups is 1. The summed E-state index contributed by atoms with van der Waals surface area (Å²) >= 11 is 0. The molecule has 0 saturated carbocycles. The molecule has 6 heteroatoms. The van der Waals surface area contributed by atoms with Gasteiger partial charge in [0.2, 0.25) is 0 Å². The van der Waals surface area contributed by atoms with Gasteiger partial charge < -0.3 is 9.30 Å². The van der Waals surface area contributed by atoms with E-state index in [4.69, 9.17) is 4.74 Å². The summed E-state index contributed by atoms with van der Waals surface area (Å²) in [5.41, 5.74) is 0.623. The molecule has 88 valence electrons. The number of imidazole rings is 1. The highest BCUT2D eigenvalue weighted by atomic mass is 16.6. The van der Waals surface area contributed by atoms with E-state index in [9.17, 15) is 10.1 Å². The Bertz CT molecular complexity index is 563. The molecule has 0 spiro atoms. The zero-order valence-electron chi connectivity index (χ0n) is 9.45. The van der Waals surface area contributed by atoms with Gasteiger partial charge in [0.15, 0.2) is 5.75 Å². The molecular weight excluding hydrogens is 222 g/mol. The Morgan fingerprint density at radius 2 is 2.24 bits per heavy atom. The molecule has 0 saturated heterocycles. The number of aryl methyl sites for hydroxylation is 1. The molecule has 0 amide bonds. The summed E-state index contributed by atoms with van der Waals surface area (Å²) in [5, 5.41) is 10.9. The van der Waals surface area contributed by atoms with E-state index in [0.29, 0.717) is 11.4 Å². The van der Waals surface area contributed by atoms with Crippen LogP contribution in [0.1, 0.15) is 0 Å². The quantitative estimate of drug-likeness (QED) is 0.600. The SMILES string of the molecule is COc1ccc(-c2nccn2C)cc1[N+](=O)[O-]. The fourth-order valence-corrected chi connectivity index (χ4v) is 1.62. The van der Waals surface area contributed by atoms with Gasteiger partial charge in [-0.3, -0.25) is 10.1 Å². The van der Waals surface area contributed by atoms with Gasteiger partial charge >= 0.3 is 5.69 Å². The molecule has 0 radical (unpaired) electrons. The third-order valence-corrected chi connectivity index (χ3v) is 2.45. The summed E-state index contributed by atoms with van der Waals surface area (Å²) in [6.07, 6.45) is 3.43. The van der Waals surface area contributed by atoms with Crippen LogP contribution in [0.25, 0.3) is 11.4 Å². The molecule has 2 rings (SSSR count). The topological polar surface area (TPSA) is 70.2 Å². The molecule has 0 aliphatic rings. The van der Waals surface area contributed by atoms with Gasteiger partial charge in [-0.1, -0.05) is 0 Å². The lowest BCUT2D eigenvalue weighted by Gasteiger charge is -2.05. The maximum absolute atomic E-state index is 10.9. The lowest BCUT2D eigenvalue weighted by molar-refractivity contribution is -0.385. The molecule has 0 aliphatic heterocycles. The Hall–Kier alpha value is -2.37. The van der Waals surface area contributed by atoms with Gasteiger partial charge in [0.05, 0.1) is 12.0 Å². The van der Waals surface area contributed by atoms with Crippen molar-refractivity contribution >= 4 is 5.69 Å². The summed E-state index contributed by atoms with van der Waals surface area (Å²) in [4.78, 5) is 14.6. The molecule has 1 aromatic heterocycles. The number of nitro benzene ring substituents is 1. The number of benzene rings is 1. The van der Waals surface area contributed by atoms with E-state index >= 15 is 0 Å². The van der Waals surface area contributed by atoms with Crippen molar-refractivity contribution in [2.24, 2.45) is 7.05 Å². The second kappa shape index (κ2) is 4.25. The highest BCUT2D eigenvalue weighted by Gasteiger charge is 2.16. The first kappa shape index (κ1) is 11.1. The standard InChI is InChI=1S/C11H11N3O3/c1-13-6-5-12-11(13)8-3-4-10(17-2)9(7-8)14(15)16/h3-7H,1-2H3. The number of rotatable bonds is 3. The van der Waals surface area contributed by atoms with Gasteiger partial charge in [-0.25, -0.2) is 4.98 Å². The van der Waals surface area contributed by atoms with Crippen molar-refractivity contribution in [2.45, 2.75) is 0 Å². The molecule has 0 atom stereocenters. The van der Waals surface area contributed by atoms with Gasteiger partial charge in [0.25, 0.3) is 0 Å². The fourth-order valence-electron chi connectivity index (χ4n) is 1.62. The van der Waals surface area contributed by atoms with Crippen molar-refractivity contribution in [1.82, 2.24) is 9.55 Å². The van der Waals surface area contributed by atoms with Crippen LogP contribution in [-0.4, -0.2) is 21.6 Å². The zero-order chi connectivity index (χ0) is 12.4. The van der Waals surface area contributed by atoms with Crippen LogP contribution < -0.4 is 4.74 Å². The molecule has 1 aromatic carbocycles. The van der Waals surface area contributed by atoms with Crippen molar-refractivity contribution in [1.29, 1.82) is 0 Å². The summed E-state index contributed by atoms with van der Waals surface area (Å²) in [6, 6.07) is 4.78. The van der Waals surface area contributed by atoms with Crippen LogP contribution in [0.5, 0.6) is 5.75 Å². The normalized spacial score (nSPS) is 10.2. The number of aromatic nitrogens is 2. The number of hydrogen-bond donors (Lipinski definition) is 0. The van der Waals surface area contributed by atoms with E-state index in [-0.39, 0.29) is 11.4 Å². The van der Waals surface area contributed by atoms with E-state index in [0.717, 1.165) is 0 Å². The number of hydrogen-bond acceptors (Lipinski definition) is 4. The summed E-state index contributed by atoms with van der Waals surface area (Å²) in [5.74, 6) is 0.920. The van der Waals surface area contributed by atoms with E-state index in [1.165, 1.54) is 13.2 Å². The number of methoxy groups -OCH3 is 1. The highest BCUT2D eigenvalue weighted by molar-refractivity contribution is 5.63. The van der Waals surface area contributed by atoms with Crippen molar-refractivity contribution in [2.75, 3.05) is 7.11 Å². The minimum Gasteiger partial charge on any atom is -0.490 e. The van der Waals surface area contributed by atoms with Crippen LogP contribution in [0.15, 0.2) is 30.6 Å². The average Bonchev–Trinajstić information content (AvgIpc) is 2.74. The first-order valence-electron chi connectivity index (χ1n) is 4.93. The number of nitrogens with zero attached hydrogens (tertiary/aromatic N) is 3. The third-order valence-electron chi connectivity index (χ3n) is 2.45. The Balaban J connectivity index is 2.55. The monoisotopic (exact) mass is 233 g/mol. The summed E-state index contributed by atoms with van der Waals surface area (Å²) in [6.45, 7) is 0. The van der Waals surface area contributed by atoms with E-state index < -0.39 is 4.92 Å². The van der Waals surface area contributed by atoms with E-state index in [1.807, 2.05) is 7.05 Å². The second-order valence-electron chi connectivity index (χ2n) is 3.51. The molecule has 0 bridgehead atoms. The van der Waals surface area contributed by atoms with Crippen molar-refractivity contribution in [3.8, 4) is 17.1 Å². The van der Waals surface area contributed by atoms with Crippen LogP contribution in [0.3, 0.4) is 0 Å². The lowest BCUT2D eigenvalue weighted by Crippen LogP contribution is -1.96. The highest BCUT2D eigenvalue weighted by Crippen LogP contribution is 2.31. The predicted octanol–water partition coefficient (Wildman–Crippen LogP) is 2.00. The van der Waals surface area contributed by atoms with Gasteiger partial charge in [-0.15, -0.1) is 0 Å². The first-order valence-corrected chi connectivity index (χ1v) is 4.93. The molecule has 0 N–H and O–H groups in total. The zero-order valence-corrected chi connectivity index (χ0v) is 9.45. The van der Waals surface area contributed by atoms with Crippen LogP contribution >= 0.6 is 0 Å². The largest absolute Gasteiger partial charge is 0.490 e. The van der Waals surface area contributed by atoms with Crippen molar-refractivity contribution in [3.63, 3.8) is 0 Å². The van der Waals surface area contributed by atoms with Crippen LogP contribution in [0.2, 0.25) is 0 Å². The molecule has 0 fully saturated rings. The molecule has 0 unspecified atom stereocenters. The molecule has 17 heavy (non-hydrogen) atoms. The summed E-state index contributed by atoms with van der Waals surface area (Å²) < 4.78 is 6.74. The van der Waals surface area contributed by atoms with Crippen LogP contribution in [0.4, 0.5) is 5.69 Å². The van der Waals surface area contributed by atoms with Gasteiger partial charge in [-0.05, 0) is 12.1 Å². The Morgan fingerprint density at radius 1 is 1.47 bits per heavy atom. The molecular formula is C11H11N3O3. The van der Waals surface area contributed by atoms with E-state index in [2.05, 4.69) is 4.98 Å². The van der Waals surface area contributed by atoms with Gasteiger partial charge in [0, 0.05) is 31.1 Å². The van der Waals surface area contributed by atoms with Gasteiger partial charge in [0.1, 0.15) is 5.82 Å². The fraction of sp³-hybridized carbons (Fsp3) is 0.182. The summed E-state index contributed by atoms with van der Waals surface area (Å²) in [7, 11) is 3.24. The Kier molecular flexibility index (Phi) is 2.78. The maximum Gasteiger partial charge on any atom is 0.311 e. The molecule has 2 aromatic rings. The molecule has 1 heterocycles. The van der Waals surface area contributed by atoms with Crippen molar-refractivity contribution < 1.29 is 9.66 Å². The molecule has 0 aliphatic carbocycles.